The van der Waals surface area contributed by atoms with Gasteiger partial charge in [-0.05, 0) is 36.8 Å². The highest BCUT2D eigenvalue weighted by Crippen LogP contribution is 2.37. The van der Waals surface area contributed by atoms with Gasteiger partial charge in [0.2, 0.25) is 0 Å². The predicted octanol–water partition coefficient (Wildman–Crippen LogP) is 4.54. The summed E-state index contributed by atoms with van der Waals surface area (Å²) >= 11 is 1.98. The minimum absolute atomic E-state index is 0.251. The molecular weight excluding hydrogens is 701 g/mol. The third kappa shape index (κ3) is 7.46. The van der Waals surface area contributed by atoms with Crippen LogP contribution in [0.2, 0.25) is 0 Å². The first kappa shape index (κ1) is 31.6. The molecule has 1 saturated heterocycles. The lowest BCUT2D eigenvalue weighted by Crippen LogP contribution is -2.37. The molecule has 0 radical (unpaired) electrons. The number of carbonyl (C=O) groups is 1. The zero-order valence-corrected chi connectivity index (χ0v) is 28.4. The SMILES string of the molecule is COc1cc2c(Oc3c(P)cc(N(I)C(=O)c4cnccc4OC)cc3P)ccnc2cc1OCCCN1CCOCC1. The Balaban J connectivity index is 1.34. The molecule has 13 heteroatoms. The number of carbonyl (C=O) groups excluding carboxylic acids is 1. The quantitative estimate of drug-likeness (QED) is 0.0954. The second-order valence-electron chi connectivity index (χ2n) is 9.70. The molecule has 0 aliphatic carbocycles. The number of rotatable bonds is 11. The Morgan fingerprint density at radius 1 is 1.00 bits per heavy atom. The highest BCUT2D eigenvalue weighted by molar-refractivity contribution is 14.1. The molecule has 4 aromatic rings. The van der Waals surface area contributed by atoms with Crippen LogP contribution < -0.4 is 32.7 Å². The van der Waals surface area contributed by atoms with E-state index in [1.54, 1.807) is 25.6 Å². The number of benzene rings is 2. The number of hydrogen-bond acceptors (Lipinski definition) is 9. The largest absolute Gasteiger partial charge is 0.496 e. The van der Waals surface area contributed by atoms with Crippen LogP contribution in [0.3, 0.4) is 0 Å². The first-order chi connectivity index (χ1) is 20.9. The predicted molar refractivity (Wildman–Crippen MR) is 182 cm³/mol. The molecule has 0 saturated carbocycles. The van der Waals surface area contributed by atoms with Crippen molar-refractivity contribution in [3.63, 3.8) is 0 Å². The number of halogens is 1. The molecule has 1 amide bonds. The number of aromatic nitrogens is 2. The van der Waals surface area contributed by atoms with Crippen molar-refractivity contribution < 1.29 is 28.5 Å². The van der Waals surface area contributed by atoms with E-state index in [2.05, 4.69) is 33.3 Å². The summed E-state index contributed by atoms with van der Waals surface area (Å²) in [5, 5.41) is 2.33. The molecule has 0 spiro atoms. The van der Waals surface area contributed by atoms with Crippen LogP contribution in [-0.2, 0) is 4.74 Å². The molecule has 0 N–H and O–H groups in total. The summed E-state index contributed by atoms with van der Waals surface area (Å²) in [5.74, 6) is 2.70. The van der Waals surface area contributed by atoms with Gasteiger partial charge >= 0.3 is 0 Å². The van der Waals surface area contributed by atoms with Gasteiger partial charge in [0.05, 0.1) is 68.1 Å². The normalized spacial score (nSPS) is 13.5. The van der Waals surface area contributed by atoms with Crippen molar-refractivity contribution in [3.8, 4) is 28.7 Å². The van der Waals surface area contributed by atoms with Crippen molar-refractivity contribution >= 4 is 74.5 Å². The zero-order valence-electron chi connectivity index (χ0n) is 23.9. The zero-order chi connectivity index (χ0) is 30.3. The van der Waals surface area contributed by atoms with Crippen molar-refractivity contribution in [3.05, 3.63) is 60.6 Å². The number of methoxy groups -OCH3 is 2. The third-order valence-electron chi connectivity index (χ3n) is 6.95. The number of ether oxygens (including phenoxy) is 5. The maximum absolute atomic E-state index is 13.2. The van der Waals surface area contributed by atoms with E-state index in [1.807, 2.05) is 53.2 Å². The Morgan fingerprint density at radius 3 is 2.44 bits per heavy atom. The maximum atomic E-state index is 13.2. The molecule has 5 rings (SSSR count). The summed E-state index contributed by atoms with van der Waals surface area (Å²) in [6.45, 7) is 5.02. The lowest BCUT2D eigenvalue weighted by Gasteiger charge is -2.26. The average Bonchev–Trinajstić information content (AvgIpc) is 3.04. The van der Waals surface area contributed by atoms with Crippen LogP contribution in [0.1, 0.15) is 16.8 Å². The van der Waals surface area contributed by atoms with E-state index in [0.29, 0.717) is 46.6 Å². The van der Waals surface area contributed by atoms with Gasteiger partial charge in [-0.15, -0.1) is 18.5 Å². The Labute approximate surface area is 269 Å². The summed E-state index contributed by atoms with van der Waals surface area (Å²) in [4.78, 5) is 24.3. The molecule has 2 aromatic heterocycles. The fraction of sp³-hybridized carbons (Fsp3) is 0.300. The van der Waals surface area contributed by atoms with E-state index < -0.39 is 0 Å². The van der Waals surface area contributed by atoms with Crippen LogP contribution in [0.5, 0.6) is 28.7 Å². The number of morpholine rings is 1. The van der Waals surface area contributed by atoms with Gasteiger partial charge in [-0.1, -0.05) is 0 Å². The molecule has 3 heterocycles. The minimum Gasteiger partial charge on any atom is -0.496 e. The summed E-state index contributed by atoms with van der Waals surface area (Å²) in [5.41, 5.74) is 1.77. The number of pyridine rings is 2. The first-order valence-electron chi connectivity index (χ1n) is 13.6. The second-order valence-corrected chi connectivity index (χ2v) is 11.9. The fourth-order valence-electron chi connectivity index (χ4n) is 4.73. The topological polar surface area (TPSA) is 95.5 Å². The minimum atomic E-state index is -0.251. The van der Waals surface area contributed by atoms with E-state index in [0.717, 1.165) is 60.8 Å². The van der Waals surface area contributed by atoms with Gasteiger partial charge in [-0.2, -0.15) is 0 Å². The average molecular weight is 734 g/mol. The monoisotopic (exact) mass is 734 g/mol. The van der Waals surface area contributed by atoms with Crippen molar-refractivity contribution in [1.82, 2.24) is 14.9 Å². The van der Waals surface area contributed by atoms with Crippen LogP contribution in [0.4, 0.5) is 5.69 Å². The van der Waals surface area contributed by atoms with E-state index >= 15 is 0 Å². The van der Waals surface area contributed by atoms with Gasteiger partial charge < -0.3 is 23.7 Å². The molecule has 2 aromatic carbocycles. The van der Waals surface area contributed by atoms with Crippen molar-refractivity contribution in [2.45, 2.75) is 6.42 Å². The third-order valence-corrected chi connectivity index (χ3v) is 8.80. The molecule has 1 fully saturated rings. The van der Waals surface area contributed by atoms with E-state index in [-0.39, 0.29) is 5.91 Å². The Bertz CT molecular complexity index is 1580. The lowest BCUT2D eigenvalue weighted by atomic mass is 10.1. The molecule has 2 atom stereocenters. The van der Waals surface area contributed by atoms with Gasteiger partial charge in [-0.25, -0.2) is 3.11 Å². The Kier molecular flexibility index (Phi) is 10.9. The molecule has 1 aliphatic rings. The summed E-state index contributed by atoms with van der Waals surface area (Å²) < 4.78 is 30.5. The highest BCUT2D eigenvalue weighted by atomic mass is 127. The van der Waals surface area contributed by atoms with E-state index in [1.165, 1.54) is 16.4 Å². The number of amides is 1. The Morgan fingerprint density at radius 2 is 1.72 bits per heavy atom. The van der Waals surface area contributed by atoms with Crippen molar-refractivity contribution in [1.29, 1.82) is 0 Å². The van der Waals surface area contributed by atoms with Crippen molar-refractivity contribution in [2.75, 3.05) is 56.8 Å². The summed E-state index contributed by atoms with van der Waals surface area (Å²) in [6.07, 6.45) is 5.69. The van der Waals surface area contributed by atoms with E-state index in [4.69, 9.17) is 23.7 Å². The number of hydrogen-bond donors (Lipinski definition) is 0. The molecule has 10 nitrogen and oxygen atoms in total. The van der Waals surface area contributed by atoms with Crippen molar-refractivity contribution in [2.24, 2.45) is 0 Å². The van der Waals surface area contributed by atoms with Crippen LogP contribution in [0.15, 0.2) is 55.0 Å². The van der Waals surface area contributed by atoms with Gasteiger partial charge in [0.25, 0.3) is 5.91 Å². The molecular formula is C30H33IN4O6P2. The fourth-order valence-corrected chi connectivity index (χ4v) is 6.23. The standard InChI is InChI=1S/C30H33IN4O6P2/c1-37-23-4-6-32-18-21(23)30(36)35(31)19-14-27(42)29(28(43)15-19)41-24-5-7-33-22-17-26(25(38-2)16-20(22)24)40-11-3-8-34-9-12-39-13-10-34/h4-7,14-18H,3,8-13,42-43H2,1-2H3. The van der Waals surface area contributed by atoms with E-state index in [9.17, 15) is 4.79 Å². The van der Waals surface area contributed by atoms with Gasteiger partial charge in [0, 0.05) is 60.3 Å². The van der Waals surface area contributed by atoms with Crippen LogP contribution >= 0.6 is 41.3 Å². The molecule has 1 aliphatic heterocycles. The lowest BCUT2D eigenvalue weighted by molar-refractivity contribution is 0.0357. The summed E-state index contributed by atoms with van der Waals surface area (Å²) in [7, 11) is 8.54. The molecule has 2 unspecified atom stereocenters. The van der Waals surface area contributed by atoms with Gasteiger partial charge in [0.15, 0.2) is 11.5 Å². The first-order valence-corrected chi connectivity index (χ1v) is 15.8. The Hall–Kier alpha value is -2.82. The van der Waals surface area contributed by atoms with Gasteiger partial charge in [0.1, 0.15) is 22.8 Å². The molecule has 43 heavy (non-hydrogen) atoms. The van der Waals surface area contributed by atoms with Gasteiger partial charge in [-0.3, -0.25) is 19.7 Å². The second kappa shape index (κ2) is 14.8. The summed E-state index contributed by atoms with van der Waals surface area (Å²) in [6, 6.07) is 11.0. The number of nitrogens with zero attached hydrogens (tertiary/aromatic N) is 4. The molecule has 0 bridgehead atoms. The maximum Gasteiger partial charge on any atom is 0.272 e. The number of anilines is 1. The van der Waals surface area contributed by atoms with Crippen LogP contribution in [-0.4, -0.2) is 74.4 Å². The highest BCUT2D eigenvalue weighted by Gasteiger charge is 2.22. The molecule has 226 valence electrons. The van der Waals surface area contributed by atoms with Crippen LogP contribution in [0.25, 0.3) is 10.9 Å². The smallest absolute Gasteiger partial charge is 0.272 e. The van der Waals surface area contributed by atoms with Crippen LogP contribution in [0, 0.1) is 0 Å². The number of fused-ring (bicyclic) bond motifs is 1.